The molecule has 0 radical (unpaired) electrons. The summed E-state index contributed by atoms with van der Waals surface area (Å²) in [5, 5.41) is 9.71. The number of benzene rings is 1. The molecule has 1 aromatic carbocycles. The van der Waals surface area contributed by atoms with Crippen LogP contribution in [0.4, 0.5) is 5.69 Å². The van der Waals surface area contributed by atoms with Crippen molar-refractivity contribution in [2.24, 2.45) is 0 Å². The average Bonchev–Trinajstić information content (AvgIpc) is 2.56. The number of aryl methyl sites for hydroxylation is 1. The zero-order chi connectivity index (χ0) is 11.8. The summed E-state index contributed by atoms with van der Waals surface area (Å²) >= 11 is 0. The van der Waals surface area contributed by atoms with E-state index in [1.807, 2.05) is 13.8 Å². The van der Waals surface area contributed by atoms with E-state index in [-0.39, 0.29) is 0 Å². The summed E-state index contributed by atoms with van der Waals surface area (Å²) < 4.78 is 0. The molecule has 2 rings (SSSR count). The largest absolute Gasteiger partial charge is 0.390 e. The Morgan fingerprint density at radius 1 is 1.38 bits per heavy atom. The molecule has 0 amide bonds. The van der Waals surface area contributed by atoms with Gasteiger partial charge in [0, 0.05) is 19.3 Å². The highest BCUT2D eigenvalue weighted by molar-refractivity contribution is 5.58. The molecule has 1 aliphatic rings. The van der Waals surface area contributed by atoms with Crippen LogP contribution in [-0.4, -0.2) is 24.3 Å². The Labute approximate surface area is 97.9 Å². The van der Waals surface area contributed by atoms with Gasteiger partial charge in [-0.25, -0.2) is 0 Å². The van der Waals surface area contributed by atoms with Gasteiger partial charge in [-0.2, -0.15) is 0 Å². The molecule has 0 saturated heterocycles. The fourth-order valence-corrected chi connectivity index (χ4v) is 2.19. The van der Waals surface area contributed by atoms with Crippen LogP contribution >= 0.6 is 0 Å². The Kier molecular flexibility index (Phi) is 2.94. The van der Waals surface area contributed by atoms with E-state index in [0.717, 1.165) is 25.8 Å². The minimum Gasteiger partial charge on any atom is -0.390 e. The van der Waals surface area contributed by atoms with E-state index in [1.165, 1.54) is 16.8 Å². The van der Waals surface area contributed by atoms with Gasteiger partial charge in [-0.15, -0.1) is 0 Å². The van der Waals surface area contributed by atoms with E-state index < -0.39 is 5.60 Å². The lowest BCUT2D eigenvalue weighted by molar-refractivity contribution is 0.0714. The second kappa shape index (κ2) is 4.10. The fraction of sp³-hybridized carbons (Fsp3) is 0.571. The normalized spacial score (nSPS) is 15.4. The Balaban J connectivity index is 2.10. The summed E-state index contributed by atoms with van der Waals surface area (Å²) in [4.78, 5) is 2.31. The molecule has 1 aromatic rings. The standard InChI is InChI=1S/C14H21NO/c1-14(2,16)8-6-11-4-5-12-7-9-15(3)13(12)10-11/h4-5,10,16H,6-9H2,1-3H3. The predicted molar refractivity (Wildman–Crippen MR) is 68.0 cm³/mol. The molecule has 0 aliphatic carbocycles. The van der Waals surface area contributed by atoms with Gasteiger partial charge in [0.2, 0.25) is 0 Å². The molecule has 0 fully saturated rings. The maximum Gasteiger partial charge on any atom is 0.0594 e. The van der Waals surface area contributed by atoms with Crippen LogP contribution in [0.3, 0.4) is 0 Å². The molecule has 1 aliphatic heterocycles. The lowest BCUT2D eigenvalue weighted by atomic mass is 9.98. The van der Waals surface area contributed by atoms with Crippen LogP contribution in [0.2, 0.25) is 0 Å². The van der Waals surface area contributed by atoms with E-state index in [0.29, 0.717) is 0 Å². The number of likely N-dealkylation sites (N-methyl/N-ethyl adjacent to an activating group) is 1. The van der Waals surface area contributed by atoms with Crippen molar-refractivity contribution in [3.05, 3.63) is 29.3 Å². The van der Waals surface area contributed by atoms with E-state index in [2.05, 4.69) is 30.1 Å². The second-order valence-corrected chi connectivity index (χ2v) is 5.45. The lowest BCUT2D eigenvalue weighted by Gasteiger charge is -2.18. The molecular weight excluding hydrogens is 198 g/mol. The molecular formula is C14H21NO. The highest BCUT2D eigenvalue weighted by atomic mass is 16.3. The topological polar surface area (TPSA) is 23.5 Å². The predicted octanol–water partition coefficient (Wildman–Crippen LogP) is 2.38. The molecule has 0 saturated carbocycles. The van der Waals surface area contributed by atoms with Crippen molar-refractivity contribution < 1.29 is 5.11 Å². The van der Waals surface area contributed by atoms with Crippen LogP contribution in [0, 0.1) is 0 Å². The van der Waals surface area contributed by atoms with Crippen LogP contribution in [0.25, 0.3) is 0 Å². The molecule has 0 aromatic heterocycles. The van der Waals surface area contributed by atoms with Gasteiger partial charge in [0.1, 0.15) is 0 Å². The molecule has 2 heteroatoms. The molecule has 0 unspecified atom stereocenters. The van der Waals surface area contributed by atoms with E-state index in [1.54, 1.807) is 0 Å². The molecule has 16 heavy (non-hydrogen) atoms. The number of aliphatic hydroxyl groups is 1. The SMILES string of the molecule is CN1CCc2ccc(CCC(C)(C)O)cc21. The number of hydrogen-bond acceptors (Lipinski definition) is 2. The monoisotopic (exact) mass is 219 g/mol. The Hall–Kier alpha value is -1.02. The molecule has 0 atom stereocenters. The van der Waals surface area contributed by atoms with Crippen molar-refractivity contribution in [1.82, 2.24) is 0 Å². The highest BCUT2D eigenvalue weighted by Crippen LogP contribution is 2.28. The van der Waals surface area contributed by atoms with Crippen LogP contribution in [0.1, 0.15) is 31.4 Å². The Morgan fingerprint density at radius 2 is 2.12 bits per heavy atom. The minimum absolute atomic E-state index is 0.565. The first-order valence-electron chi connectivity index (χ1n) is 6.01. The molecule has 1 heterocycles. The first kappa shape index (κ1) is 11.5. The number of rotatable bonds is 3. The van der Waals surface area contributed by atoms with Crippen molar-refractivity contribution in [2.75, 3.05) is 18.5 Å². The van der Waals surface area contributed by atoms with E-state index >= 15 is 0 Å². The summed E-state index contributed by atoms with van der Waals surface area (Å²) in [5.41, 5.74) is 3.59. The van der Waals surface area contributed by atoms with Gasteiger partial charge in [0.25, 0.3) is 0 Å². The van der Waals surface area contributed by atoms with Crippen LogP contribution in [-0.2, 0) is 12.8 Å². The van der Waals surface area contributed by atoms with Gasteiger partial charge in [-0.1, -0.05) is 12.1 Å². The summed E-state index contributed by atoms with van der Waals surface area (Å²) in [5.74, 6) is 0. The third-order valence-corrected chi connectivity index (χ3v) is 3.30. The van der Waals surface area contributed by atoms with Crippen LogP contribution in [0.15, 0.2) is 18.2 Å². The fourth-order valence-electron chi connectivity index (χ4n) is 2.19. The second-order valence-electron chi connectivity index (χ2n) is 5.45. The third kappa shape index (κ3) is 2.56. The first-order chi connectivity index (χ1) is 7.46. The van der Waals surface area contributed by atoms with Crippen molar-refractivity contribution in [3.8, 4) is 0 Å². The summed E-state index contributed by atoms with van der Waals surface area (Å²) in [7, 11) is 2.14. The molecule has 0 spiro atoms. The van der Waals surface area contributed by atoms with E-state index in [9.17, 15) is 5.11 Å². The summed E-state index contributed by atoms with van der Waals surface area (Å²) in [6.45, 7) is 4.86. The van der Waals surface area contributed by atoms with Gasteiger partial charge < -0.3 is 10.0 Å². The summed E-state index contributed by atoms with van der Waals surface area (Å²) in [6, 6.07) is 6.70. The van der Waals surface area contributed by atoms with Gasteiger partial charge in [-0.3, -0.25) is 0 Å². The lowest BCUT2D eigenvalue weighted by Crippen LogP contribution is -2.19. The quantitative estimate of drug-likeness (QED) is 0.843. The molecule has 1 N–H and O–H groups in total. The molecule has 2 nitrogen and oxygen atoms in total. The van der Waals surface area contributed by atoms with Crippen LogP contribution < -0.4 is 4.90 Å². The van der Waals surface area contributed by atoms with Crippen molar-refractivity contribution in [2.45, 2.75) is 38.7 Å². The number of nitrogens with zero attached hydrogens (tertiary/aromatic N) is 1. The third-order valence-electron chi connectivity index (χ3n) is 3.30. The summed E-state index contributed by atoms with van der Waals surface area (Å²) in [6.07, 6.45) is 2.93. The molecule has 0 bridgehead atoms. The van der Waals surface area contributed by atoms with Gasteiger partial charge in [0.05, 0.1) is 5.60 Å². The maximum absolute atomic E-state index is 9.71. The number of anilines is 1. The van der Waals surface area contributed by atoms with Crippen LogP contribution in [0.5, 0.6) is 0 Å². The highest BCUT2D eigenvalue weighted by Gasteiger charge is 2.17. The Bertz CT molecular complexity index is 379. The smallest absolute Gasteiger partial charge is 0.0594 e. The van der Waals surface area contributed by atoms with Crippen molar-refractivity contribution in [1.29, 1.82) is 0 Å². The minimum atomic E-state index is -0.565. The van der Waals surface area contributed by atoms with Crippen molar-refractivity contribution >= 4 is 5.69 Å². The number of fused-ring (bicyclic) bond motifs is 1. The average molecular weight is 219 g/mol. The van der Waals surface area contributed by atoms with Gasteiger partial charge >= 0.3 is 0 Å². The van der Waals surface area contributed by atoms with Gasteiger partial charge in [-0.05, 0) is 50.3 Å². The Morgan fingerprint density at radius 3 is 2.81 bits per heavy atom. The van der Waals surface area contributed by atoms with Crippen molar-refractivity contribution in [3.63, 3.8) is 0 Å². The zero-order valence-electron chi connectivity index (χ0n) is 10.5. The molecule has 88 valence electrons. The van der Waals surface area contributed by atoms with E-state index in [4.69, 9.17) is 0 Å². The zero-order valence-corrected chi connectivity index (χ0v) is 10.5. The maximum atomic E-state index is 9.71. The van der Waals surface area contributed by atoms with Gasteiger partial charge in [0.15, 0.2) is 0 Å². The number of hydrogen-bond donors (Lipinski definition) is 1. The first-order valence-corrected chi connectivity index (χ1v) is 6.01.